The van der Waals surface area contributed by atoms with Crippen molar-refractivity contribution in [2.45, 2.75) is 13.8 Å². The summed E-state index contributed by atoms with van der Waals surface area (Å²) in [5, 5.41) is 12.0. The summed E-state index contributed by atoms with van der Waals surface area (Å²) in [6.45, 7) is 3.07. The van der Waals surface area contributed by atoms with Gasteiger partial charge in [0.2, 0.25) is 5.91 Å². The van der Waals surface area contributed by atoms with Gasteiger partial charge in [-0.2, -0.15) is 0 Å². The Kier molecular flexibility index (Phi) is 4.25. The number of carboxylic acids is 1. The second kappa shape index (κ2) is 5.76. The summed E-state index contributed by atoms with van der Waals surface area (Å²) in [7, 11) is 0. The van der Waals surface area contributed by atoms with Crippen LogP contribution in [0.3, 0.4) is 0 Å². The van der Waals surface area contributed by atoms with E-state index < -0.39 is 17.8 Å². The normalized spacial score (nSPS) is 13.9. The topological polar surface area (TPSA) is 79.3 Å². The standard InChI is InChI=1S/C13H13ClN2O3S/c1-6(7(2)13(18)19)12(17)16-10-8(14)3-4-9-11(10)15-5-20-9/h3-7H,1-2H3,(H,16,17)(H,18,19). The van der Waals surface area contributed by atoms with Gasteiger partial charge in [-0.15, -0.1) is 11.3 Å². The molecule has 0 fully saturated rings. The van der Waals surface area contributed by atoms with Crippen molar-refractivity contribution in [1.82, 2.24) is 4.98 Å². The smallest absolute Gasteiger partial charge is 0.307 e. The highest BCUT2D eigenvalue weighted by molar-refractivity contribution is 7.16. The molecule has 0 aliphatic rings. The Morgan fingerprint density at radius 2 is 2.05 bits per heavy atom. The molecule has 106 valence electrons. The molecule has 5 nitrogen and oxygen atoms in total. The molecule has 0 saturated heterocycles. The lowest BCUT2D eigenvalue weighted by Crippen LogP contribution is -2.30. The molecule has 0 spiro atoms. The van der Waals surface area contributed by atoms with Crippen molar-refractivity contribution >= 4 is 50.7 Å². The minimum Gasteiger partial charge on any atom is -0.481 e. The fourth-order valence-corrected chi connectivity index (χ4v) is 2.59. The highest BCUT2D eigenvalue weighted by atomic mass is 35.5. The predicted octanol–water partition coefficient (Wildman–Crippen LogP) is 3.25. The van der Waals surface area contributed by atoms with Crippen LogP contribution >= 0.6 is 22.9 Å². The summed E-state index contributed by atoms with van der Waals surface area (Å²) in [6.07, 6.45) is 0. The molecule has 20 heavy (non-hydrogen) atoms. The van der Waals surface area contributed by atoms with Gasteiger partial charge in [-0.25, -0.2) is 4.98 Å². The van der Waals surface area contributed by atoms with E-state index in [4.69, 9.17) is 16.7 Å². The summed E-state index contributed by atoms with van der Waals surface area (Å²) >= 11 is 7.53. The number of carbonyl (C=O) groups excluding carboxylic acids is 1. The second-order valence-corrected chi connectivity index (χ2v) is 5.82. The van der Waals surface area contributed by atoms with Gasteiger partial charge in [0, 0.05) is 5.92 Å². The molecule has 2 N–H and O–H groups in total. The van der Waals surface area contributed by atoms with E-state index in [0.29, 0.717) is 16.2 Å². The number of fused-ring (bicyclic) bond motifs is 1. The van der Waals surface area contributed by atoms with Crippen LogP contribution in [0.4, 0.5) is 5.69 Å². The van der Waals surface area contributed by atoms with E-state index in [2.05, 4.69) is 10.3 Å². The van der Waals surface area contributed by atoms with E-state index in [9.17, 15) is 9.59 Å². The van der Waals surface area contributed by atoms with Crippen molar-refractivity contribution in [2.75, 3.05) is 5.32 Å². The van der Waals surface area contributed by atoms with Crippen molar-refractivity contribution in [3.8, 4) is 0 Å². The highest BCUT2D eigenvalue weighted by Crippen LogP contribution is 2.32. The van der Waals surface area contributed by atoms with Gasteiger partial charge in [-0.05, 0) is 12.1 Å². The molecular formula is C13H13ClN2O3S. The maximum Gasteiger partial charge on any atom is 0.307 e. The number of carboxylic acid groups (broad SMARTS) is 1. The summed E-state index contributed by atoms with van der Waals surface area (Å²) in [4.78, 5) is 27.2. The average molecular weight is 313 g/mol. The molecule has 1 amide bonds. The third kappa shape index (κ3) is 2.76. The summed E-state index contributed by atoms with van der Waals surface area (Å²) in [5.74, 6) is -2.84. The summed E-state index contributed by atoms with van der Waals surface area (Å²) in [5.41, 5.74) is 2.71. The number of hydrogen-bond donors (Lipinski definition) is 2. The van der Waals surface area contributed by atoms with Crippen LogP contribution in [0.2, 0.25) is 5.02 Å². The Bertz CT molecular complexity index is 671. The fourth-order valence-electron chi connectivity index (χ4n) is 1.70. The van der Waals surface area contributed by atoms with E-state index in [1.54, 1.807) is 18.5 Å². The SMILES string of the molecule is CC(C(=O)O)C(C)C(=O)Nc1c(Cl)ccc2scnc12. The number of benzene rings is 1. The third-order valence-electron chi connectivity index (χ3n) is 3.25. The maximum absolute atomic E-state index is 12.1. The van der Waals surface area contributed by atoms with Crippen LogP contribution in [0, 0.1) is 11.8 Å². The zero-order valence-corrected chi connectivity index (χ0v) is 12.5. The van der Waals surface area contributed by atoms with Crippen molar-refractivity contribution in [3.63, 3.8) is 0 Å². The monoisotopic (exact) mass is 312 g/mol. The molecule has 0 bridgehead atoms. The Morgan fingerprint density at radius 1 is 1.35 bits per heavy atom. The first-order valence-corrected chi connectivity index (χ1v) is 7.23. The zero-order chi connectivity index (χ0) is 14.9. The predicted molar refractivity (Wildman–Crippen MR) is 79.2 cm³/mol. The molecule has 2 atom stereocenters. The van der Waals surface area contributed by atoms with Gasteiger partial charge >= 0.3 is 5.97 Å². The van der Waals surface area contributed by atoms with Crippen LogP contribution in [-0.2, 0) is 9.59 Å². The number of nitrogens with one attached hydrogen (secondary N) is 1. The van der Waals surface area contributed by atoms with Crippen LogP contribution in [0.25, 0.3) is 10.2 Å². The number of nitrogens with zero attached hydrogens (tertiary/aromatic N) is 1. The quantitative estimate of drug-likeness (QED) is 0.908. The number of amides is 1. The Morgan fingerprint density at radius 3 is 2.70 bits per heavy atom. The Balaban J connectivity index is 2.28. The van der Waals surface area contributed by atoms with Gasteiger partial charge in [-0.3, -0.25) is 9.59 Å². The van der Waals surface area contributed by atoms with Gasteiger partial charge in [0.15, 0.2) is 0 Å². The van der Waals surface area contributed by atoms with Gasteiger partial charge in [0.1, 0.15) is 5.52 Å². The lowest BCUT2D eigenvalue weighted by Gasteiger charge is -2.16. The Labute approximate surface area is 124 Å². The number of aromatic nitrogens is 1. The van der Waals surface area contributed by atoms with Crippen molar-refractivity contribution in [1.29, 1.82) is 0 Å². The number of anilines is 1. The molecule has 1 heterocycles. The lowest BCUT2D eigenvalue weighted by molar-refractivity contribution is -0.145. The Hall–Kier alpha value is -1.66. The molecule has 2 unspecified atom stereocenters. The van der Waals surface area contributed by atoms with E-state index >= 15 is 0 Å². The summed E-state index contributed by atoms with van der Waals surface area (Å²) in [6, 6.07) is 3.51. The number of thiazole rings is 1. The van der Waals surface area contributed by atoms with Crippen LogP contribution in [0.1, 0.15) is 13.8 Å². The van der Waals surface area contributed by atoms with Gasteiger partial charge in [-0.1, -0.05) is 25.4 Å². The van der Waals surface area contributed by atoms with Crippen LogP contribution in [0.5, 0.6) is 0 Å². The molecular weight excluding hydrogens is 300 g/mol. The minimum atomic E-state index is -1.01. The van der Waals surface area contributed by atoms with Gasteiger partial charge in [0.05, 0.1) is 26.8 Å². The maximum atomic E-state index is 12.1. The zero-order valence-electron chi connectivity index (χ0n) is 10.9. The number of aliphatic carboxylic acids is 1. The second-order valence-electron chi connectivity index (χ2n) is 4.53. The van der Waals surface area contributed by atoms with E-state index in [-0.39, 0.29) is 5.91 Å². The molecule has 0 radical (unpaired) electrons. The third-order valence-corrected chi connectivity index (χ3v) is 4.36. The molecule has 1 aromatic carbocycles. The molecule has 0 aliphatic carbocycles. The van der Waals surface area contributed by atoms with E-state index in [1.165, 1.54) is 18.3 Å². The number of rotatable bonds is 4. The van der Waals surface area contributed by atoms with Gasteiger partial charge in [0.25, 0.3) is 0 Å². The van der Waals surface area contributed by atoms with Crippen molar-refractivity contribution in [3.05, 3.63) is 22.7 Å². The van der Waals surface area contributed by atoms with Crippen LogP contribution in [0.15, 0.2) is 17.6 Å². The van der Waals surface area contributed by atoms with Crippen molar-refractivity contribution in [2.24, 2.45) is 11.8 Å². The fraction of sp³-hybridized carbons (Fsp3) is 0.308. The molecule has 0 saturated carbocycles. The first-order valence-electron chi connectivity index (χ1n) is 5.97. The molecule has 2 rings (SSSR count). The van der Waals surface area contributed by atoms with Gasteiger partial charge < -0.3 is 10.4 Å². The first-order chi connectivity index (χ1) is 9.41. The average Bonchev–Trinajstić information content (AvgIpc) is 2.88. The van der Waals surface area contributed by atoms with Crippen LogP contribution in [-0.4, -0.2) is 22.0 Å². The van der Waals surface area contributed by atoms with Crippen LogP contribution < -0.4 is 5.32 Å². The number of halogens is 1. The van der Waals surface area contributed by atoms with Crippen molar-refractivity contribution < 1.29 is 14.7 Å². The summed E-state index contributed by atoms with van der Waals surface area (Å²) < 4.78 is 0.906. The molecule has 1 aromatic heterocycles. The minimum absolute atomic E-state index is 0.381. The number of carbonyl (C=O) groups is 2. The highest BCUT2D eigenvalue weighted by Gasteiger charge is 2.26. The van der Waals surface area contributed by atoms with E-state index in [1.807, 2.05) is 6.07 Å². The largest absolute Gasteiger partial charge is 0.481 e. The molecule has 7 heteroatoms. The molecule has 2 aromatic rings. The lowest BCUT2D eigenvalue weighted by atomic mass is 9.95. The van der Waals surface area contributed by atoms with E-state index in [0.717, 1.165) is 4.70 Å². The molecule has 0 aliphatic heterocycles. The first kappa shape index (κ1) is 14.7. The number of hydrogen-bond acceptors (Lipinski definition) is 4.